The third-order valence-corrected chi connectivity index (χ3v) is 4.91. The lowest BCUT2D eigenvalue weighted by Gasteiger charge is -2.01. The topological polar surface area (TPSA) is 107 Å². The summed E-state index contributed by atoms with van der Waals surface area (Å²) in [5.41, 5.74) is 1.85. The normalized spacial score (nSPS) is 10.8. The van der Waals surface area contributed by atoms with E-state index < -0.39 is 4.92 Å². The van der Waals surface area contributed by atoms with Crippen LogP contribution in [0, 0.1) is 10.1 Å². The molecule has 0 bridgehead atoms. The van der Waals surface area contributed by atoms with Crippen molar-refractivity contribution in [1.29, 1.82) is 0 Å². The highest BCUT2D eigenvalue weighted by Gasteiger charge is 2.07. The maximum absolute atomic E-state index is 12.0. The molecule has 1 aromatic heterocycles. The van der Waals surface area contributed by atoms with Gasteiger partial charge in [-0.2, -0.15) is 0 Å². The standard InChI is InChI=1S/C20H18N4O4S/c1-28-17-10-4-15(5-11-17)7-13-19-22-23-20(29-19)21-18(25)12-6-14-2-8-16(9-3-14)24(26)27/h2-6,8-12H,7,13H2,1H3,(H,21,23,25)/b12-6+. The highest BCUT2D eigenvalue weighted by atomic mass is 32.1. The minimum absolute atomic E-state index is 0.00244. The number of methoxy groups -OCH3 is 1. The molecular weight excluding hydrogens is 392 g/mol. The lowest BCUT2D eigenvalue weighted by molar-refractivity contribution is -0.384. The summed E-state index contributed by atoms with van der Waals surface area (Å²) in [7, 11) is 1.63. The molecule has 1 heterocycles. The maximum atomic E-state index is 12.0. The second-order valence-electron chi connectivity index (χ2n) is 6.02. The Morgan fingerprint density at radius 3 is 2.52 bits per heavy atom. The van der Waals surface area contributed by atoms with Crippen molar-refractivity contribution in [1.82, 2.24) is 10.2 Å². The molecule has 0 fully saturated rings. The molecule has 29 heavy (non-hydrogen) atoms. The summed E-state index contributed by atoms with van der Waals surface area (Å²) in [6, 6.07) is 13.8. The Morgan fingerprint density at radius 1 is 1.14 bits per heavy atom. The zero-order chi connectivity index (χ0) is 20.6. The highest BCUT2D eigenvalue weighted by molar-refractivity contribution is 7.15. The second-order valence-corrected chi connectivity index (χ2v) is 7.08. The molecule has 0 radical (unpaired) electrons. The number of nitrogens with zero attached hydrogens (tertiary/aromatic N) is 3. The van der Waals surface area contributed by atoms with Crippen LogP contribution in [0.5, 0.6) is 5.75 Å². The van der Waals surface area contributed by atoms with Crippen LogP contribution in [0.25, 0.3) is 6.08 Å². The van der Waals surface area contributed by atoms with Gasteiger partial charge in [0.15, 0.2) is 0 Å². The number of hydrogen-bond acceptors (Lipinski definition) is 7. The Balaban J connectivity index is 1.50. The number of benzene rings is 2. The molecule has 0 aliphatic carbocycles. The number of amides is 1. The molecule has 0 aliphatic rings. The number of rotatable bonds is 8. The number of carbonyl (C=O) groups excluding carboxylic acids is 1. The zero-order valence-electron chi connectivity index (χ0n) is 15.6. The van der Waals surface area contributed by atoms with E-state index in [0.29, 0.717) is 10.7 Å². The van der Waals surface area contributed by atoms with Gasteiger partial charge in [-0.05, 0) is 47.9 Å². The van der Waals surface area contributed by atoms with Crippen molar-refractivity contribution in [3.63, 3.8) is 0 Å². The first-order valence-electron chi connectivity index (χ1n) is 8.72. The average molecular weight is 410 g/mol. The summed E-state index contributed by atoms with van der Waals surface area (Å²) >= 11 is 1.33. The SMILES string of the molecule is COc1ccc(CCc2nnc(NC(=O)/C=C/c3ccc([N+](=O)[O-])cc3)s2)cc1. The van der Waals surface area contributed by atoms with E-state index in [-0.39, 0.29) is 11.6 Å². The summed E-state index contributed by atoms with van der Waals surface area (Å²) in [5, 5.41) is 22.7. The van der Waals surface area contributed by atoms with Gasteiger partial charge in [-0.3, -0.25) is 20.2 Å². The van der Waals surface area contributed by atoms with Gasteiger partial charge in [-0.15, -0.1) is 10.2 Å². The molecule has 1 amide bonds. The Labute approximate surface area is 171 Å². The zero-order valence-corrected chi connectivity index (χ0v) is 16.4. The number of ether oxygens (including phenoxy) is 1. The molecule has 0 aliphatic heterocycles. The number of aryl methyl sites for hydroxylation is 2. The van der Waals surface area contributed by atoms with E-state index in [4.69, 9.17) is 4.74 Å². The van der Waals surface area contributed by atoms with Crippen molar-refractivity contribution in [2.24, 2.45) is 0 Å². The van der Waals surface area contributed by atoms with Crippen molar-refractivity contribution in [3.05, 3.63) is 80.9 Å². The Kier molecular flexibility index (Phi) is 6.64. The Morgan fingerprint density at radius 2 is 1.86 bits per heavy atom. The first-order valence-corrected chi connectivity index (χ1v) is 9.54. The number of nitro groups is 1. The molecule has 1 N–H and O–H groups in total. The molecule has 0 saturated heterocycles. The van der Waals surface area contributed by atoms with Crippen molar-refractivity contribution in [2.45, 2.75) is 12.8 Å². The van der Waals surface area contributed by atoms with Gasteiger partial charge < -0.3 is 4.74 Å². The van der Waals surface area contributed by atoms with Crippen LogP contribution >= 0.6 is 11.3 Å². The number of carbonyl (C=O) groups is 1. The predicted octanol–water partition coefficient (Wildman–Crippen LogP) is 3.89. The van der Waals surface area contributed by atoms with Gasteiger partial charge in [0.05, 0.1) is 12.0 Å². The van der Waals surface area contributed by atoms with E-state index in [1.165, 1.54) is 29.5 Å². The Hall–Kier alpha value is -3.59. The second kappa shape index (κ2) is 9.56. The van der Waals surface area contributed by atoms with Gasteiger partial charge in [0.1, 0.15) is 10.8 Å². The van der Waals surface area contributed by atoms with Gasteiger partial charge in [0.2, 0.25) is 11.0 Å². The molecule has 8 nitrogen and oxygen atoms in total. The summed E-state index contributed by atoms with van der Waals surface area (Å²) in [5.74, 6) is 0.470. The summed E-state index contributed by atoms with van der Waals surface area (Å²) in [6.45, 7) is 0. The third kappa shape index (κ3) is 5.94. The first-order chi connectivity index (χ1) is 14.0. The lowest BCUT2D eigenvalue weighted by atomic mass is 10.1. The molecular formula is C20H18N4O4S. The largest absolute Gasteiger partial charge is 0.497 e. The highest BCUT2D eigenvalue weighted by Crippen LogP contribution is 2.19. The smallest absolute Gasteiger partial charge is 0.269 e. The van der Waals surface area contributed by atoms with Gasteiger partial charge in [-0.1, -0.05) is 23.5 Å². The summed E-state index contributed by atoms with van der Waals surface area (Å²) in [6.07, 6.45) is 4.45. The maximum Gasteiger partial charge on any atom is 0.269 e. The number of nitro benzene ring substituents is 1. The fourth-order valence-corrected chi connectivity index (χ4v) is 3.22. The number of aromatic nitrogens is 2. The molecule has 0 saturated carbocycles. The molecule has 2 aromatic carbocycles. The lowest BCUT2D eigenvalue weighted by Crippen LogP contribution is -2.07. The van der Waals surface area contributed by atoms with Crippen molar-refractivity contribution in [3.8, 4) is 5.75 Å². The van der Waals surface area contributed by atoms with E-state index in [0.717, 1.165) is 29.2 Å². The minimum atomic E-state index is -0.470. The number of nitrogens with one attached hydrogen (secondary N) is 1. The molecule has 148 valence electrons. The van der Waals surface area contributed by atoms with Gasteiger partial charge in [0.25, 0.3) is 5.69 Å². The monoisotopic (exact) mass is 410 g/mol. The first kappa shape index (κ1) is 20.2. The Bertz CT molecular complexity index is 1010. The quantitative estimate of drug-likeness (QED) is 0.343. The fraction of sp³-hybridized carbons (Fsp3) is 0.150. The molecule has 3 aromatic rings. The molecule has 3 rings (SSSR count). The van der Waals surface area contributed by atoms with Crippen LogP contribution in [0.15, 0.2) is 54.6 Å². The van der Waals surface area contributed by atoms with E-state index in [1.807, 2.05) is 24.3 Å². The van der Waals surface area contributed by atoms with Gasteiger partial charge in [-0.25, -0.2) is 0 Å². The summed E-state index contributed by atoms with van der Waals surface area (Å²) in [4.78, 5) is 22.2. The van der Waals surface area contributed by atoms with Crippen LogP contribution in [0.4, 0.5) is 10.8 Å². The fourth-order valence-electron chi connectivity index (χ4n) is 2.47. The van der Waals surface area contributed by atoms with E-state index in [9.17, 15) is 14.9 Å². The van der Waals surface area contributed by atoms with Gasteiger partial charge >= 0.3 is 0 Å². The number of non-ortho nitro benzene ring substituents is 1. The van der Waals surface area contributed by atoms with Crippen molar-refractivity contribution < 1.29 is 14.5 Å². The predicted molar refractivity (Wildman–Crippen MR) is 111 cm³/mol. The van der Waals surface area contributed by atoms with Crippen LogP contribution in [0.1, 0.15) is 16.1 Å². The van der Waals surface area contributed by atoms with Crippen molar-refractivity contribution in [2.75, 3.05) is 12.4 Å². The third-order valence-electron chi connectivity index (χ3n) is 4.01. The summed E-state index contributed by atoms with van der Waals surface area (Å²) < 4.78 is 5.14. The van der Waals surface area contributed by atoms with Gasteiger partial charge in [0, 0.05) is 24.6 Å². The molecule has 9 heteroatoms. The van der Waals surface area contributed by atoms with Crippen LogP contribution in [0.3, 0.4) is 0 Å². The van der Waals surface area contributed by atoms with Crippen molar-refractivity contribution >= 4 is 34.1 Å². The molecule has 0 atom stereocenters. The van der Waals surface area contributed by atoms with Crippen LogP contribution < -0.4 is 10.1 Å². The van der Waals surface area contributed by atoms with Crippen LogP contribution in [-0.4, -0.2) is 28.1 Å². The van der Waals surface area contributed by atoms with Crippen LogP contribution in [0.2, 0.25) is 0 Å². The van der Waals surface area contributed by atoms with Crippen LogP contribution in [-0.2, 0) is 17.6 Å². The van der Waals surface area contributed by atoms with E-state index in [2.05, 4.69) is 15.5 Å². The molecule has 0 spiro atoms. The molecule has 0 unspecified atom stereocenters. The number of hydrogen-bond donors (Lipinski definition) is 1. The minimum Gasteiger partial charge on any atom is -0.497 e. The van der Waals surface area contributed by atoms with E-state index in [1.54, 1.807) is 25.3 Å². The van der Waals surface area contributed by atoms with E-state index >= 15 is 0 Å². The average Bonchev–Trinajstić information content (AvgIpc) is 3.18. The number of anilines is 1.